The molecule has 2 aromatic rings. The Hall–Kier alpha value is -2.63. The number of anilines is 1. The molecule has 0 aliphatic rings. The van der Waals surface area contributed by atoms with Crippen LogP contribution in [0.25, 0.3) is 0 Å². The summed E-state index contributed by atoms with van der Waals surface area (Å²) in [5.74, 6) is -0.917. The number of thioether (sulfide) groups is 1. The number of nitrogens with one attached hydrogen (secondary N) is 1. The van der Waals surface area contributed by atoms with Gasteiger partial charge in [0.2, 0.25) is 0 Å². The van der Waals surface area contributed by atoms with E-state index in [2.05, 4.69) is 5.32 Å². The van der Waals surface area contributed by atoms with Crippen LogP contribution in [0, 0.1) is 25.2 Å². The van der Waals surface area contributed by atoms with Gasteiger partial charge >= 0.3 is 5.97 Å². The summed E-state index contributed by atoms with van der Waals surface area (Å²) >= 11 is 2.85. The molecule has 0 aliphatic carbocycles. The van der Waals surface area contributed by atoms with E-state index < -0.39 is 18.5 Å². The predicted molar refractivity (Wildman–Crippen MR) is 110 cm³/mol. The Kier molecular flexibility index (Phi) is 8.23. The number of hydrogen-bond acceptors (Lipinski definition) is 7. The standard InChI is InChI=1S/C20H20N2O4S2/c1-13-11-15(14(2)28-13)17(23)7-8-20(25)26-12-19(24)22-16-5-3-4-6-18(16)27-10-9-21/h3-6,11H,7-8,10,12H2,1-2H3,(H,22,24). The lowest BCUT2D eigenvalue weighted by Gasteiger charge is -2.10. The molecular formula is C20H20N2O4S2. The molecule has 0 saturated heterocycles. The maximum Gasteiger partial charge on any atom is 0.306 e. The van der Waals surface area contributed by atoms with Gasteiger partial charge in [-0.05, 0) is 32.0 Å². The highest BCUT2D eigenvalue weighted by atomic mass is 32.2. The lowest BCUT2D eigenvalue weighted by atomic mass is 10.1. The molecule has 0 bridgehead atoms. The van der Waals surface area contributed by atoms with E-state index in [0.717, 1.165) is 14.6 Å². The SMILES string of the molecule is Cc1cc(C(=O)CCC(=O)OCC(=O)Nc2ccccc2SCC#N)c(C)s1. The topological polar surface area (TPSA) is 96.3 Å². The molecule has 1 aromatic carbocycles. The van der Waals surface area contributed by atoms with Crippen LogP contribution in [0.1, 0.15) is 33.0 Å². The fourth-order valence-corrected chi connectivity index (χ4v) is 4.08. The molecule has 1 amide bonds. The Morgan fingerprint density at radius 2 is 1.96 bits per heavy atom. The Labute approximate surface area is 171 Å². The number of para-hydroxylation sites is 1. The highest BCUT2D eigenvalue weighted by Gasteiger charge is 2.15. The molecule has 6 nitrogen and oxygen atoms in total. The molecule has 0 aliphatic heterocycles. The molecular weight excluding hydrogens is 396 g/mol. The number of nitriles is 1. The van der Waals surface area contributed by atoms with Gasteiger partial charge in [-0.2, -0.15) is 5.26 Å². The van der Waals surface area contributed by atoms with Crippen LogP contribution in [0.4, 0.5) is 5.69 Å². The third-order valence-corrected chi connectivity index (χ3v) is 5.62. The van der Waals surface area contributed by atoms with Crippen molar-refractivity contribution in [2.45, 2.75) is 31.6 Å². The first-order valence-electron chi connectivity index (χ1n) is 8.55. The van der Waals surface area contributed by atoms with Gasteiger partial charge in [0.05, 0.1) is 23.9 Å². The minimum atomic E-state index is -0.597. The van der Waals surface area contributed by atoms with Gasteiger partial charge in [0.1, 0.15) is 0 Å². The van der Waals surface area contributed by atoms with E-state index in [1.807, 2.05) is 32.0 Å². The zero-order valence-corrected chi connectivity index (χ0v) is 17.2. The number of nitrogens with zero attached hydrogens (tertiary/aromatic N) is 1. The zero-order chi connectivity index (χ0) is 20.5. The summed E-state index contributed by atoms with van der Waals surface area (Å²) in [4.78, 5) is 38.8. The number of Topliss-reactive ketones (excluding diaryl/α,β-unsaturated/α-hetero) is 1. The van der Waals surface area contributed by atoms with Crippen LogP contribution in [-0.2, 0) is 14.3 Å². The number of esters is 1. The fourth-order valence-electron chi connectivity index (χ4n) is 2.47. The number of rotatable bonds is 9. The van der Waals surface area contributed by atoms with Crippen molar-refractivity contribution in [3.63, 3.8) is 0 Å². The monoisotopic (exact) mass is 416 g/mol. The van der Waals surface area contributed by atoms with E-state index >= 15 is 0 Å². The Morgan fingerprint density at radius 3 is 2.64 bits per heavy atom. The van der Waals surface area contributed by atoms with Crippen molar-refractivity contribution in [1.29, 1.82) is 5.26 Å². The van der Waals surface area contributed by atoms with Gasteiger partial charge in [0, 0.05) is 26.6 Å². The number of aryl methyl sites for hydroxylation is 2. The van der Waals surface area contributed by atoms with Gasteiger partial charge in [-0.1, -0.05) is 12.1 Å². The van der Waals surface area contributed by atoms with Gasteiger partial charge < -0.3 is 10.1 Å². The molecule has 1 heterocycles. The van der Waals surface area contributed by atoms with E-state index in [1.54, 1.807) is 29.5 Å². The van der Waals surface area contributed by atoms with Crippen LogP contribution in [-0.4, -0.2) is 30.0 Å². The van der Waals surface area contributed by atoms with Crippen molar-refractivity contribution in [2.24, 2.45) is 0 Å². The maximum absolute atomic E-state index is 12.2. The lowest BCUT2D eigenvalue weighted by molar-refractivity contribution is -0.147. The minimum Gasteiger partial charge on any atom is -0.456 e. The molecule has 0 radical (unpaired) electrons. The molecule has 0 atom stereocenters. The van der Waals surface area contributed by atoms with Crippen LogP contribution in [0.5, 0.6) is 0 Å². The molecule has 2 rings (SSSR count). The van der Waals surface area contributed by atoms with Crippen molar-refractivity contribution in [2.75, 3.05) is 17.7 Å². The summed E-state index contributed by atoms with van der Waals surface area (Å²) in [6.45, 7) is 3.37. The van der Waals surface area contributed by atoms with Crippen molar-refractivity contribution < 1.29 is 19.1 Å². The largest absolute Gasteiger partial charge is 0.456 e. The number of benzene rings is 1. The average molecular weight is 417 g/mol. The number of ketones is 1. The number of thiophene rings is 1. The van der Waals surface area contributed by atoms with E-state index in [-0.39, 0.29) is 24.4 Å². The number of carbonyl (C=O) groups excluding carboxylic acids is 3. The molecule has 1 aromatic heterocycles. The summed E-state index contributed by atoms with van der Waals surface area (Å²) in [5, 5.41) is 11.3. The molecule has 0 spiro atoms. The van der Waals surface area contributed by atoms with Crippen LogP contribution < -0.4 is 5.32 Å². The van der Waals surface area contributed by atoms with E-state index in [0.29, 0.717) is 11.3 Å². The summed E-state index contributed by atoms with van der Waals surface area (Å²) in [6, 6.07) is 10.9. The molecule has 8 heteroatoms. The zero-order valence-electron chi connectivity index (χ0n) is 15.6. The smallest absolute Gasteiger partial charge is 0.306 e. The van der Waals surface area contributed by atoms with E-state index in [9.17, 15) is 14.4 Å². The van der Waals surface area contributed by atoms with Gasteiger partial charge in [-0.3, -0.25) is 14.4 Å². The third kappa shape index (κ3) is 6.51. The van der Waals surface area contributed by atoms with Gasteiger partial charge in [0.15, 0.2) is 12.4 Å². The second-order valence-electron chi connectivity index (χ2n) is 5.90. The quantitative estimate of drug-likeness (QED) is 0.375. The highest BCUT2D eigenvalue weighted by Crippen LogP contribution is 2.26. The first-order valence-corrected chi connectivity index (χ1v) is 10.4. The summed E-state index contributed by atoms with van der Waals surface area (Å²) < 4.78 is 4.96. The minimum absolute atomic E-state index is 0.0467. The van der Waals surface area contributed by atoms with Crippen molar-refractivity contribution in [3.8, 4) is 6.07 Å². The second kappa shape index (κ2) is 10.6. The number of carbonyl (C=O) groups is 3. The van der Waals surface area contributed by atoms with Crippen LogP contribution >= 0.6 is 23.1 Å². The molecule has 0 unspecified atom stereocenters. The van der Waals surface area contributed by atoms with E-state index in [1.165, 1.54) is 11.8 Å². The molecule has 146 valence electrons. The highest BCUT2D eigenvalue weighted by molar-refractivity contribution is 7.99. The van der Waals surface area contributed by atoms with Gasteiger partial charge in [-0.25, -0.2) is 0 Å². The predicted octanol–water partition coefficient (Wildman–Crippen LogP) is 4.13. The molecule has 0 saturated carbocycles. The van der Waals surface area contributed by atoms with E-state index in [4.69, 9.17) is 10.00 Å². The van der Waals surface area contributed by atoms with Crippen molar-refractivity contribution >= 4 is 46.4 Å². The normalized spacial score (nSPS) is 10.2. The number of hydrogen-bond donors (Lipinski definition) is 1. The molecule has 1 N–H and O–H groups in total. The summed E-state index contributed by atoms with van der Waals surface area (Å²) in [5.41, 5.74) is 1.20. The van der Waals surface area contributed by atoms with Crippen molar-refractivity contribution in [1.82, 2.24) is 0 Å². The van der Waals surface area contributed by atoms with Crippen LogP contribution in [0.3, 0.4) is 0 Å². The van der Waals surface area contributed by atoms with Gasteiger partial charge in [0.25, 0.3) is 5.91 Å². The molecule has 0 fully saturated rings. The number of amides is 1. The Morgan fingerprint density at radius 1 is 1.21 bits per heavy atom. The average Bonchev–Trinajstić information content (AvgIpc) is 3.02. The second-order valence-corrected chi connectivity index (χ2v) is 8.38. The Bertz CT molecular complexity index is 915. The maximum atomic E-state index is 12.2. The first kappa shape index (κ1) is 21.7. The fraction of sp³-hybridized carbons (Fsp3) is 0.300. The number of ether oxygens (including phenoxy) is 1. The summed E-state index contributed by atoms with van der Waals surface area (Å²) in [6.07, 6.45) is -0.0276. The van der Waals surface area contributed by atoms with Gasteiger partial charge in [-0.15, -0.1) is 23.1 Å². The van der Waals surface area contributed by atoms with Crippen LogP contribution in [0.2, 0.25) is 0 Å². The summed E-state index contributed by atoms with van der Waals surface area (Å²) in [7, 11) is 0. The lowest BCUT2D eigenvalue weighted by Crippen LogP contribution is -2.21. The molecule has 28 heavy (non-hydrogen) atoms. The first-order chi connectivity index (χ1) is 13.4. The third-order valence-electron chi connectivity index (χ3n) is 3.72. The van der Waals surface area contributed by atoms with Crippen LogP contribution in [0.15, 0.2) is 35.2 Å². The Balaban J connectivity index is 1.78. The van der Waals surface area contributed by atoms with Crippen molar-refractivity contribution in [3.05, 3.63) is 45.6 Å².